The fourth-order valence-corrected chi connectivity index (χ4v) is 2.77. The Labute approximate surface area is 173 Å². The molecule has 1 aliphatic heterocycles. The van der Waals surface area contributed by atoms with Gasteiger partial charge in [-0.25, -0.2) is 9.18 Å². The Bertz CT molecular complexity index is 771. The van der Waals surface area contributed by atoms with Crippen LogP contribution in [0.1, 0.15) is 59.6 Å². The van der Waals surface area contributed by atoms with Crippen LogP contribution in [0.2, 0.25) is 0 Å². The molecule has 0 aromatic heterocycles. The SMILES string of the molecule is CC(C)(C)OC(=O)NCC(=Cc1cc(F)ccc1CN)B1OC(C)(C)C(C)(C)O1. The number of amides is 1. The molecule has 1 aliphatic rings. The van der Waals surface area contributed by atoms with Crippen molar-refractivity contribution in [2.45, 2.75) is 71.8 Å². The second-order valence-electron chi connectivity index (χ2n) is 9.21. The van der Waals surface area contributed by atoms with Gasteiger partial charge in [0.25, 0.3) is 0 Å². The van der Waals surface area contributed by atoms with E-state index in [-0.39, 0.29) is 18.9 Å². The Kier molecular flexibility index (Phi) is 6.82. The molecule has 0 saturated carbocycles. The zero-order valence-electron chi connectivity index (χ0n) is 18.4. The standard InChI is InChI=1S/C21H32BFN2O4/c1-19(2,3)27-18(26)25-13-16(22-28-20(4,5)21(6,7)29-22)10-15-11-17(23)9-8-14(15)12-24/h8-11H,12-13,24H2,1-7H3,(H,25,26). The molecule has 1 heterocycles. The number of rotatable bonds is 5. The molecular weight excluding hydrogens is 374 g/mol. The van der Waals surface area contributed by atoms with Crippen molar-refractivity contribution in [2.24, 2.45) is 5.73 Å². The average Bonchev–Trinajstić information content (AvgIpc) is 2.77. The molecule has 0 radical (unpaired) electrons. The Morgan fingerprint density at radius 3 is 2.34 bits per heavy atom. The third-order valence-corrected chi connectivity index (χ3v) is 5.06. The summed E-state index contributed by atoms with van der Waals surface area (Å²) in [5.74, 6) is -0.373. The first kappa shape index (κ1) is 23.4. The van der Waals surface area contributed by atoms with Crippen molar-refractivity contribution < 1.29 is 23.2 Å². The quantitative estimate of drug-likeness (QED) is 0.727. The van der Waals surface area contributed by atoms with Crippen molar-refractivity contribution in [1.82, 2.24) is 5.32 Å². The summed E-state index contributed by atoms with van der Waals surface area (Å²) in [6, 6.07) is 4.41. The van der Waals surface area contributed by atoms with Gasteiger partial charge in [-0.3, -0.25) is 0 Å². The lowest BCUT2D eigenvalue weighted by Gasteiger charge is -2.32. The first-order valence-corrected chi connectivity index (χ1v) is 9.75. The molecule has 0 bridgehead atoms. The van der Waals surface area contributed by atoms with E-state index < -0.39 is 30.0 Å². The van der Waals surface area contributed by atoms with Gasteiger partial charge in [0, 0.05) is 13.1 Å². The lowest BCUT2D eigenvalue weighted by molar-refractivity contribution is 0.00578. The van der Waals surface area contributed by atoms with Crippen LogP contribution in [0.5, 0.6) is 0 Å². The van der Waals surface area contributed by atoms with E-state index in [1.165, 1.54) is 12.1 Å². The van der Waals surface area contributed by atoms with Crippen LogP contribution in [0.15, 0.2) is 23.7 Å². The maximum absolute atomic E-state index is 13.8. The van der Waals surface area contributed by atoms with Crippen LogP contribution < -0.4 is 11.1 Å². The maximum Gasteiger partial charge on any atom is 0.492 e. The number of ether oxygens (including phenoxy) is 1. The Hall–Kier alpha value is -1.90. The van der Waals surface area contributed by atoms with Crippen LogP contribution in [-0.2, 0) is 20.6 Å². The van der Waals surface area contributed by atoms with E-state index >= 15 is 0 Å². The first-order valence-electron chi connectivity index (χ1n) is 9.75. The summed E-state index contributed by atoms with van der Waals surface area (Å²) < 4.78 is 31.4. The number of benzene rings is 1. The molecule has 1 fully saturated rings. The minimum absolute atomic E-state index is 0.117. The van der Waals surface area contributed by atoms with Gasteiger partial charge in [-0.05, 0) is 77.2 Å². The summed E-state index contributed by atoms with van der Waals surface area (Å²) in [6.07, 6.45) is 1.20. The third kappa shape index (κ3) is 6.04. The predicted octanol–water partition coefficient (Wildman–Crippen LogP) is 3.82. The highest BCUT2D eigenvalue weighted by Crippen LogP contribution is 2.38. The Balaban J connectivity index is 2.34. The molecule has 0 unspecified atom stereocenters. The van der Waals surface area contributed by atoms with Crippen molar-refractivity contribution >= 4 is 19.3 Å². The molecule has 1 aromatic rings. The fourth-order valence-electron chi connectivity index (χ4n) is 2.77. The molecule has 0 atom stereocenters. The van der Waals surface area contributed by atoms with Gasteiger partial charge < -0.3 is 25.1 Å². The molecule has 160 valence electrons. The van der Waals surface area contributed by atoms with E-state index in [0.29, 0.717) is 11.0 Å². The second-order valence-corrected chi connectivity index (χ2v) is 9.21. The number of nitrogens with one attached hydrogen (secondary N) is 1. The molecule has 0 aliphatic carbocycles. The lowest BCUT2D eigenvalue weighted by atomic mass is 9.76. The number of carbonyl (C=O) groups is 1. The Morgan fingerprint density at radius 1 is 1.24 bits per heavy atom. The van der Waals surface area contributed by atoms with Crippen molar-refractivity contribution in [3.05, 3.63) is 40.6 Å². The molecule has 2 rings (SSSR count). The van der Waals surface area contributed by atoms with Crippen LogP contribution >= 0.6 is 0 Å². The summed E-state index contributed by atoms with van der Waals surface area (Å²) in [6.45, 7) is 13.5. The molecule has 1 aromatic carbocycles. The van der Waals surface area contributed by atoms with Gasteiger partial charge in [0.05, 0.1) is 11.2 Å². The molecular formula is C21H32BFN2O4. The summed E-state index contributed by atoms with van der Waals surface area (Å²) in [5.41, 5.74) is 6.10. The third-order valence-electron chi connectivity index (χ3n) is 5.06. The van der Waals surface area contributed by atoms with Crippen LogP contribution in [0, 0.1) is 5.82 Å². The predicted molar refractivity (Wildman–Crippen MR) is 113 cm³/mol. The summed E-state index contributed by atoms with van der Waals surface area (Å²) >= 11 is 0. The monoisotopic (exact) mass is 406 g/mol. The largest absolute Gasteiger partial charge is 0.492 e. The van der Waals surface area contributed by atoms with Crippen molar-refractivity contribution in [3.8, 4) is 0 Å². The van der Waals surface area contributed by atoms with Gasteiger partial charge in [0.2, 0.25) is 0 Å². The van der Waals surface area contributed by atoms with Gasteiger partial charge in [0.1, 0.15) is 11.4 Å². The molecule has 8 heteroatoms. The zero-order valence-corrected chi connectivity index (χ0v) is 18.4. The summed E-state index contributed by atoms with van der Waals surface area (Å²) in [5, 5.41) is 2.73. The second kappa shape index (κ2) is 8.46. The molecule has 6 nitrogen and oxygen atoms in total. The van der Waals surface area contributed by atoms with Crippen molar-refractivity contribution in [3.63, 3.8) is 0 Å². The molecule has 1 saturated heterocycles. The maximum atomic E-state index is 13.8. The van der Waals surface area contributed by atoms with Crippen LogP contribution in [0.25, 0.3) is 6.08 Å². The smallest absolute Gasteiger partial charge is 0.444 e. The van der Waals surface area contributed by atoms with E-state index in [4.69, 9.17) is 19.8 Å². The van der Waals surface area contributed by atoms with E-state index in [1.807, 2.05) is 27.7 Å². The summed E-state index contributed by atoms with van der Waals surface area (Å²) in [4.78, 5) is 12.1. The van der Waals surface area contributed by atoms with E-state index in [9.17, 15) is 9.18 Å². The minimum Gasteiger partial charge on any atom is -0.444 e. The van der Waals surface area contributed by atoms with Gasteiger partial charge >= 0.3 is 13.2 Å². The number of halogens is 1. The van der Waals surface area contributed by atoms with Gasteiger partial charge in [0.15, 0.2) is 0 Å². The van der Waals surface area contributed by atoms with Gasteiger partial charge in [-0.1, -0.05) is 12.1 Å². The molecule has 29 heavy (non-hydrogen) atoms. The Morgan fingerprint density at radius 2 is 1.83 bits per heavy atom. The highest BCUT2D eigenvalue weighted by atomic mass is 19.1. The van der Waals surface area contributed by atoms with E-state index in [0.717, 1.165) is 5.56 Å². The number of hydrogen-bond donors (Lipinski definition) is 2. The molecule has 3 N–H and O–H groups in total. The van der Waals surface area contributed by atoms with Crippen LogP contribution in [-0.4, -0.2) is 36.6 Å². The number of alkyl carbamates (subject to hydrolysis) is 1. The topological polar surface area (TPSA) is 82.8 Å². The zero-order chi connectivity index (χ0) is 22.0. The van der Waals surface area contributed by atoms with Crippen LogP contribution in [0.4, 0.5) is 9.18 Å². The van der Waals surface area contributed by atoms with Crippen molar-refractivity contribution in [1.29, 1.82) is 0 Å². The highest BCUT2D eigenvalue weighted by molar-refractivity contribution is 6.56. The first-order chi connectivity index (χ1) is 13.2. The van der Waals surface area contributed by atoms with Gasteiger partial charge in [-0.15, -0.1) is 0 Å². The lowest BCUT2D eigenvalue weighted by Crippen LogP contribution is -2.41. The fraction of sp³-hybridized carbons (Fsp3) is 0.571. The number of nitrogens with two attached hydrogens (primary N) is 1. The normalized spacial score (nSPS) is 18.7. The highest BCUT2D eigenvalue weighted by Gasteiger charge is 2.52. The number of hydrogen-bond acceptors (Lipinski definition) is 5. The molecule has 0 spiro atoms. The average molecular weight is 406 g/mol. The van der Waals surface area contributed by atoms with Crippen LogP contribution in [0.3, 0.4) is 0 Å². The van der Waals surface area contributed by atoms with Gasteiger partial charge in [-0.2, -0.15) is 0 Å². The molecule has 1 amide bonds. The van der Waals surface area contributed by atoms with Crippen molar-refractivity contribution in [2.75, 3.05) is 6.54 Å². The minimum atomic E-state index is -0.705. The number of carbonyl (C=O) groups excluding carboxylic acids is 1. The summed E-state index contributed by atoms with van der Waals surface area (Å²) in [7, 11) is -0.705. The van der Waals surface area contributed by atoms with E-state index in [1.54, 1.807) is 32.9 Å². The van der Waals surface area contributed by atoms with E-state index in [2.05, 4.69) is 5.32 Å².